The fourth-order valence-corrected chi connectivity index (χ4v) is 4.95. The van der Waals surface area contributed by atoms with Gasteiger partial charge in [0, 0.05) is 17.1 Å². The number of anilines is 1. The van der Waals surface area contributed by atoms with Gasteiger partial charge in [-0.15, -0.1) is 0 Å². The van der Waals surface area contributed by atoms with E-state index in [-0.39, 0.29) is 23.7 Å². The molecule has 1 aliphatic rings. The molecule has 4 aromatic rings. The topological polar surface area (TPSA) is 115 Å². The van der Waals surface area contributed by atoms with Crippen LogP contribution in [-0.2, 0) is 29.1 Å². The number of carbonyl (C=O) groups excluding carboxylic acids is 2. The highest BCUT2D eigenvalue weighted by Crippen LogP contribution is 2.26. The van der Waals surface area contributed by atoms with E-state index in [4.69, 9.17) is 4.42 Å². The van der Waals surface area contributed by atoms with Crippen LogP contribution in [0.15, 0.2) is 62.5 Å². The first-order valence-corrected chi connectivity index (χ1v) is 12.3. The van der Waals surface area contributed by atoms with Gasteiger partial charge in [0.1, 0.15) is 24.2 Å². The Balaban J connectivity index is 1.56. The van der Waals surface area contributed by atoms with Crippen molar-refractivity contribution in [3.05, 3.63) is 74.9 Å². The number of hydrogen-bond donors (Lipinski definition) is 2. The number of furan rings is 1. The van der Waals surface area contributed by atoms with Crippen LogP contribution in [0.1, 0.15) is 38.2 Å². The van der Waals surface area contributed by atoms with E-state index in [1.54, 1.807) is 30.3 Å². The predicted octanol–water partition coefficient (Wildman–Crippen LogP) is 3.17. The molecule has 9 heteroatoms. The highest BCUT2D eigenvalue weighted by atomic mass is 16.3. The number of nitrogens with zero attached hydrogens (tertiary/aromatic N) is 2. The van der Waals surface area contributed by atoms with Crippen molar-refractivity contribution >= 4 is 39.6 Å². The summed E-state index contributed by atoms with van der Waals surface area (Å²) in [6.45, 7) is 1.20. The standard InChI is InChI=1S/C27H28N4O5/c1-2-17-9-3-7-13-20(17)29-23(33)15-30-24-19-12-6-8-14-21(19)36-25(24)26(34)31(27(30)35)16-22(32)28-18-10-4-5-11-18/h3,6-9,12-14,18H,2,4-5,10-11,15-16H2,1H3,(H,28,32)(H,29,33). The third-order valence-electron chi connectivity index (χ3n) is 6.74. The van der Waals surface area contributed by atoms with Crippen LogP contribution in [0.5, 0.6) is 0 Å². The van der Waals surface area contributed by atoms with Gasteiger partial charge in [-0.2, -0.15) is 0 Å². The molecule has 0 radical (unpaired) electrons. The monoisotopic (exact) mass is 488 g/mol. The van der Waals surface area contributed by atoms with Crippen LogP contribution in [-0.4, -0.2) is 27.0 Å². The molecule has 1 fully saturated rings. The van der Waals surface area contributed by atoms with Crippen molar-refractivity contribution in [3.63, 3.8) is 0 Å². The summed E-state index contributed by atoms with van der Waals surface area (Å²) in [6, 6.07) is 14.5. The number of benzene rings is 2. The summed E-state index contributed by atoms with van der Waals surface area (Å²) in [5.41, 5.74) is 0.794. The highest BCUT2D eigenvalue weighted by molar-refractivity contribution is 6.03. The highest BCUT2D eigenvalue weighted by Gasteiger charge is 2.24. The lowest BCUT2D eigenvalue weighted by Gasteiger charge is -2.15. The molecule has 1 aliphatic carbocycles. The predicted molar refractivity (Wildman–Crippen MR) is 137 cm³/mol. The number of nitrogens with one attached hydrogen (secondary N) is 2. The normalized spacial score (nSPS) is 13.9. The van der Waals surface area contributed by atoms with Crippen molar-refractivity contribution in [1.82, 2.24) is 14.5 Å². The smallest absolute Gasteiger partial charge is 0.332 e. The summed E-state index contributed by atoms with van der Waals surface area (Å²) >= 11 is 0. The third-order valence-corrected chi connectivity index (χ3v) is 6.74. The molecule has 0 atom stereocenters. The third kappa shape index (κ3) is 4.44. The Morgan fingerprint density at radius 2 is 1.64 bits per heavy atom. The maximum atomic E-state index is 13.6. The van der Waals surface area contributed by atoms with Crippen LogP contribution in [0, 0.1) is 0 Å². The van der Waals surface area contributed by atoms with Gasteiger partial charge in [-0.05, 0) is 43.0 Å². The molecule has 36 heavy (non-hydrogen) atoms. The van der Waals surface area contributed by atoms with Gasteiger partial charge in [0.05, 0.1) is 0 Å². The zero-order valence-electron chi connectivity index (χ0n) is 20.1. The molecule has 186 valence electrons. The van der Waals surface area contributed by atoms with Gasteiger partial charge < -0.3 is 15.1 Å². The van der Waals surface area contributed by atoms with Crippen molar-refractivity contribution < 1.29 is 14.0 Å². The minimum absolute atomic E-state index is 0.0507. The first kappa shape index (κ1) is 23.6. The second-order valence-electron chi connectivity index (χ2n) is 9.14. The number of hydrogen-bond acceptors (Lipinski definition) is 5. The molecular formula is C27H28N4O5. The van der Waals surface area contributed by atoms with Crippen LogP contribution >= 0.6 is 0 Å². The van der Waals surface area contributed by atoms with Crippen LogP contribution < -0.4 is 21.9 Å². The summed E-state index contributed by atoms with van der Waals surface area (Å²) in [5, 5.41) is 6.32. The van der Waals surface area contributed by atoms with Crippen molar-refractivity contribution in [2.45, 2.75) is 58.2 Å². The van der Waals surface area contributed by atoms with E-state index in [0.717, 1.165) is 42.2 Å². The molecule has 0 bridgehead atoms. The van der Waals surface area contributed by atoms with Crippen molar-refractivity contribution in [2.75, 3.05) is 5.32 Å². The van der Waals surface area contributed by atoms with Crippen LogP contribution in [0.3, 0.4) is 0 Å². The van der Waals surface area contributed by atoms with Crippen LogP contribution in [0.2, 0.25) is 0 Å². The van der Waals surface area contributed by atoms with E-state index in [1.807, 2.05) is 25.1 Å². The van der Waals surface area contributed by atoms with Gasteiger partial charge in [0.2, 0.25) is 17.4 Å². The van der Waals surface area contributed by atoms with Gasteiger partial charge in [0.25, 0.3) is 5.56 Å². The fourth-order valence-electron chi connectivity index (χ4n) is 4.95. The van der Waals surface area contributed by atoms with Gasteiger partial charge in [-0.3, -0.25) is 19.0 Å². The van der Waals surface area contributed by atoms with E-state index in [0.29, 0.717) is 16.7 Å². The minimum Gasteiger partial charge on any atom is -0.449 e. The Bertz CT molecular complexity index is 1570. The molecule has 0 aliphatic heterocycles. The second kappa shape index (κ2) is 9.85. The lowest BCUT2D eigenvalue weighted by molar-refractivity contribution is -0.122. The summed E-state index contributed by atoms with van der Waals surface area (Å²) in [4.78, 5) is 52.6. The van der Waals surface area contributed by atoms with Gasteiger partial charge in [-0.1, -0.05) is 50.1 Å². The quantitative estimate of drug-likeness (QED) is 0.415. The first-order valence-electron chi connectivity index (χ1n) is 12.3. The molecule has 2 N–H and O–H groups in total. The van der Waals surface area contributed by atoms with E-state index in [2.05, 4.69) is 10.6 Å². The zero-order valence-corrected chi connectivity index (χ0v) is 20.1. The lowest BCUT2D eigenvalue weighted by atomic mass is 10.1. The van der Waals surface area contributed by atoms with Crippen LogP contribution in [0.4, 0.5) is 5.69 Å². The van der Waals surface area contributed by atoms with Crippen molar-refractivity contribution in [1.29, 1.82) is 0 Å². The molecule has 0 saturated heterocycles. The fraction of sp³-hybridized carbons (Fsp3) is 0.333. The first-order chi connectivity index (χ1) is 17.5. The average Bonchev–Trinajstić information content (AvgIpc) is 3.52. The number of carbonyl (C=O) groups is 2. The molecule has 5 rings (SSSR count). The molecule has 2 aromatic heterocycles. The van der Waals surface area contributed by atoms with E-state index < -0.39 is 29.6 Å². The Labute approximate surface area is 206 Å². The van der Waals surface area contributed by atoms with Crippen LogP contribution in [0.25, 0.3) is 22.1 Å². The van der Waals surface area contributed by atoms with E-state index in [1.165, 1.54) is 4.57 Å². The molecule has 0 spiro atoms. The summed E-state index contributed by atoms with van der Waals surface area (Å²) in [5.74, 6) is -0.838. The zero-order chi connectivity index (χ0) is 25.2. The second-order valence-corrected chi connectivity index (χ2v) is 9.14. The summed E-state index contributed by atoms with van der Waals surface area (Å²) in [6.07, 6.45) is 4.58. The number of rotatable bonds is 7. The summed E-state index contributed by atoms with van der Waals surface area (Å²) < 4.78 is 7.88. The van der Waals surface area contributed by atoms with E-state index in [9.17, 15) is 19.2 Å². The molecule has 2 heterocycles. The van der Waals surface area contributed by atoms with Crippen molar-refractivity contribution in [3.8, 4) is 0 Å². The van der Waals surface area contributed by atoms with Crippen molar-refractivity contribution in [2.24, 2.45) is 0 Å². The molecular weight excluding hydrogens is 460 g/mol. The lowest BCUT2D eigenvalue weighted by Crippen LogP contribution is -2.46. The molecule has 0 unspecified atom stereocenters. The Morgan fingerprint density at radius 3 is 2.42 bits per heavy atom. The van der Waals surface area contributed by atoms with E-state index >= 15 is 0 Å². The molecule has 1 saturated carbocycles. The number of para-hydroxylation sites is 2. The molecule has 2 amide bonds. The van der Waals surface area contributed by atoms with Gasteiger partial charge >= 0.3 is 5.69 Å². The largest absolute Gasteiger partial charge is 0.449 e. The Kier molecular flexibility index (Phi) is 6.45. The Hall–Kier alpha value is -4.14. The number of aromatic nitrogens is 2. The number of fused-ring (bicyclic) bond motifs is 3. The maximum absolute atomic E-state index is 13.6. The Morgan fingerprint density at radius 1 is 0.944 bits per heavy atom. The van der Waals surface area contributed by atoms with Gasteiger partial charge in [0.15, 0.2) is 0 Å². The summed E-state index contributed by atoms with van der Waals surface area (Å²) in [7, 11) is 0. The van der Waals surface area contributed by atoms with Gasteiger partial charge in [-0.25, -0.2) is 9.36 Å². The SMILES string of the molecule is CCc1ccccc1NC(=O)Cn1c(=O)n(CC(=O)NC2CCCC2)c(=O)c2oc3ccccc3c21. The minimum atomic E-state index is -0.737. The average molecular weight is 489 g/mol. The number of amides is 2. The maximum Gasteiger partial charge on any atom is 0.332 e. The number of aryl methyl sites for hydroxylation is 1. The molecule has 2 aromatic carbocycles. The molecule has 9 nitrogen and oxygen atoms in total.